The van der Waals surface area contributed by atoms with Crippen molar-refractivity contribution < 1.29 is 18.8 Å². The Balaban J connectivity index is 1.62. The summed E-state index contributed by atoms with van der Waals surface area (Å²) < 4.78 is 13.5. The molecule has 0 aliphatic carbocycles. The number of anilines is 1. The fourth-order valence-corrected chi connectivity index (χ4v) is 3.69. The van der Waals surface area contributed by atoms with Gasteiger partial charge in [-0.1, -0.05) is 12.1 Å². The third-order valence-electron chi connectivity index (χ3n) is 5.01. The molecule has 0 N–H and O–H groups in total. The molecule has 1 atom stereocenters. The molecule has 0 saturated heterocycles. The number of carbonyl (C=O) groups excluding carboxylic acids is 3. The van der Waals surface area contributed by atoms with Crippen molar-refractivity contribution in [1.82, 2.24) is 4.90 Å². The number of imide groups is 1. The molecule has 0 spiro atoms. The van der Waals surface area contributed by atoms with E-state index in [0.29, 0.717) is 29.7 Å². The van der Waals surface area contributed by atoms with Crippen LogP contribution in [0, 0.1) is 5.82 Å². The summed E-state index contributed by atoms with van der Waals surface area (Å²) in [6.07, 6.45) is 1.38. The van der Waals surface area contributed by atoms with E-state index >= 15 is 0 Å². The van der Waals surface area contributed by atoms with Gasteiger partial charge in [-0.25, -0.2) is 4.39 Å². The lowest BCUT2D eigenvalue weighted by Crippen LogP contribution is -2.48. The van der Waals surface area contributed by atoms with Crippen LogP contribution in [0.5, 0.6) is 0 Å². The molecule has 6 heteroatoms. The van der Waals surface area contributed by atoms with Gasteiger partial charge in [0.1, 0.15) is 12.4 Å². The first kappa shape index (κ1) is 16.4. The summed E-state index contributed by atoms with van der Waals surface area (Å²) in [4.78, 5) is 40.5. The molecule has 0 fully saturated rings. The van der Waals surface area contributed by atoms with Gasteiger partial charge in [-0.15, -0.1) is 0 Å². The molecule has 2 heterocycles. The van der Waals surface area contributed by atoms with Gasteiger partial charge >= 0.3 is 0 Å². The first-order valence-electron chi connectivity index (χ1n) is 8.53. The molecule has 0 radical (unpaired) electrons. The summed E-state index contributed by atoms with van der Waals surface area (Å²) in [6, 6.07) is 10.8. The molecule has 3 amide bonds. The van der Waals surface area contributed by atoms with Gasteiger partial charge in [0.2, 0.25) is 5.91 Å². The zero-order valence-electron chi connectivity index (χ0n) is 14.2. The third-order valence-corrected chi connectivity index (χ3v) is 5.01. The molecule has 0 aromatic heterocycles. The van der Waals surface area contributed by atoms with Crippen molar-refractivity contribution in [2.75, 3.05) is 11.4 Å². The van der Waals surface area contributed by atoms with Crippen LogP contribution in [0.4, 0.5) is 10.1 Å². The van der Waals surface area contributed by atoms with Gasteiger partial charge in [-0.2, -0.15) is 0 Å². The van der Waals surface area contributed by atoms with Crippen molar-refractivity contribution in [1.29, 1.82) is 0 Å². The Morgan fingerprint density at radius 3 is 2.42 bits per heavy atom. The zero-order chi connectivity index (χ0) is 18.4. The van der Waals surface area contributed by atoms with Crippen LogP contribution in [0.3, 0.4) is 0 Å². The SMILES string of the molecule is C[C@@H]1CCc2cc(F)ccc2N1C(=O)CN1C(=O)c2ccccc2C1=O. The van der Waals surface area contributed by atoms with Crippen molar-refractivity contribution in [3.05, 3.63) is 65.0 Å². The number of carbonyl (C=O) groups is 3. The summed E-state index contributed by atoms with van der Waals surface area (Å²) in [6.45, 7) is 1.58. The standard InChI is InChI=1S/C20H17FN2O3/c1-12-6-7-13-10-14(21)8-9-17(13)23(12)18(24)11-22-19(25)15-4-2-3-5-16(15)20(22)26/h2-5,8-10,12H,6-7,11H2,1H3/t12-/m1/s1. The van der Waals surface area contributed by atoms with Crippen molar-refractivity contribution >= 4 is 23.4 Å². The smallest absolute Gasteiger partial charge is 0.262 e. The first-order chi connectivity index (χ1) is 12.5. The number of halogens is 1. The number of rotatable bonds is 2. The molecule has 2 aromatic carbocycles. The summed E-state index contributed by atoms with van der Waals surface area (Å²) >= 11 is 0. The normalized spacial score (nSPS) is 18.8. The highest BCUT2D eigenvalue weighted by molar-refractivity contribution is 6.22. The Kier molecular flexibility index (Phi) is 3.83. The number of aryl methyl sites for hydroxylation is 1. The average molecular weight is 352 g/mol. The minimum absolute atomic E-state index is 0.0874. The quantitative estimate of drug-likeness (QED) is 0.781. The van der Waals surface area contributed by atoms with E-state index in [1.165, 1.54) is 12.1 Å². The van der Waals surface area contributed by atoms with Gasteiger partial charge in [0.15, 0.2) is 0 Å². The average Bonchev–Trinajstić information content (AvgIpc) is 2.87. The molecule has 5 nitrogen and oxygen atoms in total. The lowest BCUT2D eigenvalue weighted by Gasteiger charge is -2.36. The van der Waals surface area contributed by atoms with Crippen molar-refractivity contribution in [2.45, 2.75) is 25.8 Å². The number of fused-ring (bicyclic) bond motifs is 2. The van der Waals surface area contributed by atoms with E-state index in [4.69, 9.17) is 0 Å². The fraction of sp³-hybridized carbons (Fsp3) is 0.250. The Morgan fingerprint density at radius 2 is 1.77 bits per heavy atom. The second-order valence-corrected chi connectivity index (χ2v) is 6.67. The Hall–Kier alpha value is -3.02. The largest absolute Gasteiger partial charge is 0.308 e. The molecule has 2 aliphatic heterocycles. The molecule has 0 unspecified atom stereocenters. The van der Waals surface area contributed by atoms with E-state index in [1.54, 1.807) is 35.2 Å². The van der Waals surface area contributed by atoms with Crippen LogP contribution in [-0.2, 0) is 11.2 Å². The Bertz CT molecular complexity index is 905. The Labute approximate surface area is 150 Å². The van der Waals surface area contributed by atoms with Gasteiger partial charge in [-0.05, 0) is 55.7 Å². The maximum absolute atomic E-state index is 13.5. The number of hydrogen-bond donors (Lipinski definition) is 0. The molecule has 0 bridgehead atoms. The number of amides is 3. The van der Waals surface area contributed by atoms with E-state index in [9.17, 15) is 18.8 Å². The van der Waals surface area contributed by atoms with Crippen LogP contribution in [0.1, 0.15) is 39.6 Å². The van der Waals surface area contributed by atoms with E-state index < -0.39 is 11.8 Å². The summed E-state index contributed by atoms with van der Waals surface area (Å²) in [5.74, 6) is -1.60. The lowest BCUT2D eigenvalue weighted by molar-refractivity contribution is -0.119. The summed E-state index contributed by atoms with van der Waals surface area (Å²) in [7, 11) is 0. The van der Waals surface area contributed by atoms with Crippen LogP contribution in [0.15, 0.2) is 42.5 Å². The molecule has 2 aliphatic rings. The van der Waals surface area contributed by atoms with Crippen LogP contribution in [-0.4, -0.2) is 35.2 Å². The topological polar surface area (TPSA) is 57.7 Å². The van der Waals surface area contributed by atoms with Crippen LogP contribution < -0.4 is 4.90 Å². The van der Waals surface area contributed by atoms with Crippen molar-refractivity contribution in [3.63, 3.8) is 0 Å². The molecule has 132 valence electrons. The third kappa shape index (κ3) is 2.49. The maximum Gasteiger partial charge on any atom is 0.262 e. The minimum atomic E-state index is -0.456. The van der Waals surface area contributed by atoms with Gasteiger partial charge in [-0.3, -0.25) is 19.3 Å². The molecular formula is C20H17FN2O3. The van der Waals surface area contributed by atoms with E-state index in [1.807, 2.05) is 6.92 Å². The number of nitrogens with zero attached hydrogens (tertiary/aromatic N) is 2. The molecule has 26 heavy (non-hydrogen) atoms. The van der Waals surface area contributed by atoms with E-state index in [-0.39, 0.29) is 24.3 Å². The first-order valence-corrected chi connectivity index (χ1v) is 8.53. The molecular weight excluding hydrogens is 335 g/mol. The predicted octanol–water partition coefficient (Wildman–Crippen LogP) is 2.79. The highest BCUT2D eigenvalue weighted by atomic mass is 19.1. The summed E-state index contributed by atoms with van der Waals surface area (Å²) in [5.41, 5.74) is 2.05. The molecule has 0 saturated carbocycles. The van der Waals surface area contributed by atoms with Crippen molar-refractivity contribution in [3.8, 4) is 0 Å². The lowest BCUT2D eigenvalue weighted by atomic mass is 9.96. The van der Waals surface area contributed by atoms with Crippen molar-refractivity contribution in [2.24, 2.45) is 0 Å². The van der Waals surface area contributed by atoms with Gasteiger partial charge in [0, 0.05) is 11.7 Å². The van der Waals surface area contributed by atoms with Crippen LogP contribution >= 0.6 is 0 Å². The van der Waals surface area contributed by atoms with E-state index in [0.717, 1.165) is 10.5 Å². The fourth-order valence-electron chi connectivity index (χ4n) is 3.69. The maximum atomic E-state index is 13.5. The van der Waals surface area contributed by atoms with Gasteiger partial charge in [0.05, 0.1) is 11.1 Å². The Morgan fingerprint density at radius 1 is 1.12 bits per heavy atom. The minimum Gasteiger partial charge on any atom is -0.308 e. The highest BCUT2D eigenvalue weighted by Gasteiger charge is 2.38. The molecule has 4 rings (SSSR count). The van der Waals surface area contributed by atoms with Crippen LogP contribution in [0.25, 0.3) is 0 Å². The van der Waals surface area contributed by atoms with Gasteiger partial charge < -0.3 is 4.90 Å². The monoisotopic (exact) mass is 352 g/mol. The predicted molar refractivity (Wildman–Crippen MR) is 93.5 cm³/mol. The van der Waals surface area contributed by atoms with Gasteiger partial charge in [0.25, 0.3) is 11.8 Å². The number of hydrogen-bond acceptors (Lipinski definition) is 3. The van der Waals surface area contributed by atoms with E-state index in [2.05, 4.69) is 0 Å². The zero-order valence-corrected chi connectivity index (χ0v) is 14.2. The summed E-state index contributed by atoms with van der Waals surface area (Å²) in [5, 5.41) is 0. The number of benzene rings is 2. The van der Waals surface area contributed by atoms with Crippen LogP contribution in [0.2, 0.25) is 0 Å². The second-order valence-electron chi connectivity index (χ2n) is 6.67. The molecule has 2 aromatic rings. The highest BCUT2D eigenvalue weighted by Crippen LogP contribution is 2.32. The second kappa shape index (κ2) is 6.05.